The highest BCUT2D eigenvalue weighted by atomic mass is 35.5. The summed E-state index contributed by atoms with van der Waals surface area (Å²) in [5, 5.41) is 9.43. The quantitative estimate of drug-likeness (QED) is 0.848. The molecular formula is C12H17ClN2O2. The fourth-order valence-electron chi connectivity index (χ4n) is 1.67. The minimum Gasteiger partial charge on any atom is -0.480 e. The Morgan fingerprint density at radius 1 is 1.59 bits per heavy atom. The minimum atomic E-state index is -0.823. The van der Waals surface area contributed by atoms with Crippen LogP contribution in [0.4, 0.5) is 0 Å². The molecule has 4 nitrogen and oxygen atoms in total. The third kappa shape index (κ3) is 5.15. The fourth-order valence-corrected chi connectivity index (χ4v) is 1.84. The van der Waals surface area contributed by atoms with Gasteiger partial charge in [-0.2, -0.15) is 0 Å². The standard InChI is InChI=1S/C12H17ClN2O2/c1-9(2)6-15(8-12(16)17)7-10-3-4-14-5-11(10)13/h3-5,9H,6-8H2,1-2H3,(H,16,17). The van der Waals surface area contributed by atoms with Crippen molar-refractivity contribution in [3.63, 3.8) is 0 Å². The minimum absolute atomic E-state index is 0.0246. The number of aliphatic carboxylic acids is 1. The topological polar surface area (TPSA) is 53.4 Å². The van der Waals surface area contributed by atoms with Gasteiger partial charge >= 0.3 is 5.97 Å². The molecule has 0 saturated heterocycles. The Balaban J connectivity index is 2.71. The largest absolute Gasteiger partial charge is 0.480 e. The zero-order valence-electron chi connectivity index (χ0n) is 10.1. The van der Waals surface area contributed by atoms with Gasteiger partial charge < -0.3 is 5.11 Å². The van der Waals surface area contributed by atoms with Gasteiger partial charge in [-0.3, -0.25) is 14.7 Å². The third-order valence-corrected chi connectivity index (χ3v) is 2.57. The second-order valence-corrected chi connectivity index (χ2v) is 4.83. The Hall–Kier alpha value is -1.13. The van der Waals surface area contributed by atoms with Crippen molar-refractivity contribution in [1.82, 2.24) is 9.88 Å². The number of hydrogen-bond acceptors (Lipinski definition) is 3. The summed E-state index contributed by atoms with van der Waals surface area (Å²) in [6.45, 7) is 5.40. The molecule has 0 bridgehead atoms. The molecule has 1 aromatic heterocycles. The van der Waals surface area contributed by atoms with Gasteiger partial charge in [0, 0.05) is 25.5 Å². The highest BCUT2D eigenvalue weighted by Crippen LogP contribution is 2.16. The molecule has 0 aromatic carbocycles. The second-order valence-electron chi connectivity index (χ2n) is 4.42. The van der Waals surface area contributed by atoms with E-state index in [9.17, 15) is 4.79 Å². The molecule has 1 aromatic rings. The Morgan fingerprint density at radius 3 is 2.82 bits per heavy atom. The molecule has 0 aliphatic carbocycles. The summed E-state index contributed by atoms with van der Waals surface area (Å²) in [4.78, 5) is 16.6. The van der Waals surface area contributed by atoms with Crippen LogP contribution in [0.5, 0.6) is 0 Å². The molecule has 94 valence electrons. The number of rotatable bonds is 6. The second kappa shape index (κ2) is 6.57. The summed E-state index contributed by atoms with van der Waals surface area (Å²) in [7, 11) is 0. The van der Waals surface area contributed by atoms with Crippen molar-refractivity contribution in [3.05, 3.63) is 29.0 Å². The maximum absolute atomic E-state index is 10.8. The number of aromatic nitrogens is 1. The van der Waals surface area contributed by atoms with Crippen LogP contribution >= 0.6 is 11.6 Å². The number of carbonyl (C=O) groups is 1. The molecule has 0 amide bonds. The molecule has 1 N–H and O–H groups in total. The first-order valence-corrected chi connectivity index (χ1v) is 5.89. The van der Waals surface area contributed by atoms with Gasteiger partial charge in [0.2, 0.25) is 0 Å². The van der Waals surface area contributed by atoms with Crippen LogP contribution in [0.15, 0.2) is 18.5 Å². The van der Waals surface area contributed by atoms with Crippen molar-refractivity contribution in [3.8, 4) is 0 Å². The van der Waals surface area contributed by atoms with Crippen LogP contribution in [0.3, 0.4) is 0 Å². The lowest BCUT2D eigenvalue weighted by Crippen LogP contribution is -2.32. The van der Waals surface area contributed by atoms with Crippen molar-refractivity contribution < 1.29 is 9.90 Å². The molecule has 1 heterocycles. The van der Waals surface area contributed by atoms with Gasteiger partial charge in [0.25, 0.3) is 0 Å². The van der Waals surface area contributed by atoms with E-state index in [4.69, 9.17) is 16.7 Å². The Labute approximate surface area is 106 Å². The lowest BCUT2D eigenvalue weighted by molar-refractivity contribution is -0.138. The summed E-state index contributed by atoms with van der Waals surface area (Å²) in [6.07, 6.45) is 3.24. The molecule has 0 unspecified atom stereocenters. The Morgan fingerprint density at radius 2 is 2.29 bits per heavy atom. The SMILES string of the molecule is CC(C)CN(CC(=O)O)Cc1ccncc1Cl. The van der Waals surface area contributed by atoms with Gasteiger partial charge in [0.15, 0.2) is 0 Å². The maximum atomic E-state index is 10.8. The van der Waals surface area contributed by atoms with Crippen molar-refractivity contribution in [1.29, 1.82) is 0 Å². The first-order chi connectivity index (χ1) is 7.99. The molecule has 17 heavy (non-hydrogen) atoms. The molecule has 0 radical (unpaired) electrons. The summed E-state index contributed by atoms with van der Waals surface area (Å²) >= 11 is 6.00. The highest BCUT2D eigenvalue weighted by Gasteiger charge is 2.13. The monoisotopic (exact) mass is 256 g/mol. The van der Waals surface area contributed by atoms with Gasteiger partial charge in [-0.25, -0.2) is 0 Å². The van der Waals surface area contributed by atoms with Gasteiger partial charge in [0.05, 0.1) is 11.6 Å². The third-order valence-electron chi connectivity index (χ3n) is 2.23. The van der Waals surface area contributed by atoms with Crippen LogP contribution < -0.4 is 0 Å². The molecular weight excluding hydrogens is 240 g/mol. The molecule has 0 atom stereocenters. The van der Waals surface area contributed by atoms with Crippen LogP contribution in [0.1, 0.15) is 19.4 Å². The molecule has 1 rings (SSSR count). The number of carboxylic acid groups (broad SMARTS) is 1. The summed E-state index contributed by atoms with van der Waals surface area (Å²) in [5.74, 6) is -0.411. The Bertz CT molecular complexity index is 383. The lowest BCUT2D eigenvalue weighted by Gasteiger charge is -2.22. The van der Waals surface area contributed by atoms with Crippen LogP contribution in [0.25, 0.3) is 0 Å². The van der Waals surface area contributed by atoms with E-state index in [1.807, 2.05) is 11.0 Å². The van der Waals surface area contributed by atoms with Crippen LogP contribution in [-0.2, 0) is 11.3 Å². The normalized spacial score (nSPS) is 11.1. The molecule has 0 aliphatic heterocycles. The first kappa shape index (κ1) is 13.9. The molecule has 0 aliphatic rings. The van der Waals surface area contributed by atoms with Crippen LogP contribution in [0.2, 0.25) is 5.02 Å². The number of hydrogen-bond donors (Lipinski definition) is 1. The van der Waals surface area contributed by atoms with Crippen molar-refractivity contribution in [2.75, 3.05) is 13.1 Å². The Kier molecular flexibility index (Phi) is 5.38. The van der Waals surface area contributed by atoms with E-state index < -0.39 is 5.97 Å². The highest BCUT2D eigenvalue weighted by molar-refractivity contribution is 6.31. The van der Waals surface area contributed by atoms with Crippen LogP contribution in [-0.4, -0.2) is 34.0 Å². The van der Waals surface area contributed by atoms with E-state index in [2.05, 4.69) is 18.8 Å². The zero-order valence-corrected chi connectivity index (χ0v) is 10.8. The molecule has 0 saturated carbocycles. The zero-order chi connectivity index (χ0) is 12.8. The summed E-state index contributed by atoms with van der Waals surface area (Å²) < 4.78 is 0. The van der Waals surface area contributed by atoms with E-state index in [1.165, 1.54) is 0 Å². The molecule has 0 spiro atoms. The summed E-state index contributed by atoms with van der Waals surface area (Å²) in [6, 6.07) is 1.82. The van der Waals surface area contributed by atoms with Gasteiger partial charge in [0.1, 0.15) is 0 Å². The number of nitrogens with zero attached hydrogens (tertiary/aromatic N) is 2. The predicted molar refractivity (Wildman–Crippen MR) is 67.0 cm³/mol. The van der Waals surface area contributed by atoms with E-state index in [1.54, 1.807) is 12.4 Å². The fraction of sp³-hybridized carbons (Fsp3) is 0.500. The maximum Gasteiger partial charge on any atom is 0.317 e. The van der Waals surface area contributed by atoms with Gasteiger partial charge in [-0.1, -0.05) is 25.4 Å². The smallest absolute Gasteiger partial charge is 0.317 e. The predicted octanol–water partition coefficient (Wildman–Crippen LogP) is 2.28. The number of carboxylic acids is 1. The first-order valence-electron chi connectivity index (χ1n) is 5.51. The average molecular weight is 257 g/mol. The van der Waals surface area contributed by atoms with Crippen molar-refractivity contribution >= 4 is 17.6 Å². The number of pyridine rings is 1. The van der Waals surface area contributed by atoms with E-state index in [0.29, 0.717) is 17.5 Å². The number of halogens is 1. The molecule has 5 heteroatoms. The molecule has 0 fully saturated rings. The van der Waals surface area contributed by atoms with E-state index in [-0.39, 0.29) is 6.54 Å². The van der Waals surface area contributed by atoms with Crippen LogP contribution in [0, 0.1) is 5.92 Å². The van der Waals surface area contributed by atoms with Crippen molar-refractivity contribution in [2.45, 2.75) is 20.4 Å². The van der Waals surface area contributed by atoms with E-state index in [0.717, 1.165) is 12.1 Å². The van der Waals surface area contributed by atoms with E-state index >= 15 is 0 Å². The van der Waals surface area contributed by atoms with Crippen molar-refractivity contribution in [2.24, 2.45) is 5.92 Å². The average Bonchev–Trinajstić information content (AvgIpc) is 2.19. The lowest BCUT2D eigenvalue weighted by atomic mass is 10.2. The van der Waals surface area contributed by atoms with Gasteiger partial charge in [-0.15, -0.1) is 0 Å². The van der Waals surface area contributed by atoms with Gasteiger partial charge in [-0.05, 0) is 17.5 Å². The summed E-state index contributed by atoms with van der Waals surface area (Å²) in [5.41, 5.74) is 0.906.